The van der Waals surface area contributed by atoms with Crippen LogP contribution in [0.3, 0.4) is 0 Å². The molecule has 1 N–H and O–H groups in total. The zero-order valence-electron chi connectivity index (χ0n) is 9.65. The van der Waals surface area contributed by atoms with E-state index in [-0.39, 0.29) is 5.91 Å². The van der Waals surface area contributed by atoms with Crippen molar-refractivity contribution >= 4 is 33.4 Å². The molecular weight excluding hydrogens is 318 g/mol. The molecule has 1 amide bonds. The monoisotopic (exact) mass is 327 g/mol. The molecular formula is C12H11BrClN3O. The van der Waals surface area contributed by atoms with E-state index in [0.29, 0.717) is 21.6 Å². The number of amides is 1. The molecule has 6 heteroatoms. The highest BCUT2D eigenvalue weighted by Crippen LogP contribution is 2.21. The number of nitrogens with zero attached hydrogens (tertiary/aromatic N) is 2. The predicted molar refractivity (Wildman–Crippen MR) is 73.5 cm³/mol. The minimum Gasteiger partial charge on any atom is -0.345 e. The van der Waals surface area contributed by atoms with Crippen molar-refractivity contribution in [2.75, 3.05) is 0 Å². The van der Waals surface area contributed by atoms with Gasteiger partial charge in [-0.15, -0.1) is 0 Å². The van der Waals surface area contributed by atoms with Crippen molar-refractivity contribution in [3.05, 3.63) is 51.5 Å². The fraction of sp³-hybridized carbons (Fsp3) is 0.167. The maximum atomic E-state index is 12.0. The third kappa shape index (κ3) is 2.91. The largest absolute Gasteiger partial charge is 0.345 e. The van der Waals surface area contributed by atoms with E-state index < -0.39 is 0 Å². The van der Waals surface area contributed by atoms with Gasteiger partial charge < -0.3 is 9.88 Å². The van der Waals surface area contributed by atoms with Gasteiger partial charge in [0.2, 0.25) is 0 Å². The van der Waals surface area contributed by atoms with Gasteiger partial charge in [-0.25, -0.2) is 4.98 Å². The molecule has 0 spiro atoms. The quantitative estimate of drug-likeness (QED) is 0.942. The molecule has 0 fully saturated rings. The number of halogens is 2. The molecule has 1 aromatic heterocycles. The Labute approximate surface area is 118 Å². The van der Waals surface area contributed by atoms with E-state index in [2.05, 4.69) is 26.2 Å². The second-order valence-electron chi connectivity index (χ2n) is 3.76. The lowest BCUT2D eigenvalue weighted by atomic mass is 10.2. The van der Waals surface area contributed by atoms with Crippen molar-refractivity contribution < 1.29 is 4.79 Å². The van der Waals surface area contributed by atoms with Gasteiger partial charge in [0.1, 0.15) is 5.82 Å². The molecule has 1 aromatic carbocycles. The van der Waals surface area contributed by atoms with Crippen molar-refractivity contribution in [2.45, 2.75) is 6.54 Å². The zero-order valence-corrected chi connectivity index (χ0v) is 12.0. The van der Waals surface area contributed by atoms with Gasteiger partial charge in [-0.1, -0.05) is 11.6 Å². The number of rotatable bonds is 3. The summed E-state index contributed by atoms with van der Waals surface area (Å²) in [6, 6.07) is 5.05. The molecule has 1 heterocycles. The Morgan fingerprint density at radius 1 is 1.56 bits per heavy atom. The number of aryl methyl sites for hydroxylation is 1. The molecule has 2 rings (SSSR count). The van der Waals surface area contributed by atoms with E-state index in [0.717, 1.165) is 5.82 Å². The highest BCUT2D eigenvalue weighted by Gasteiger charge is 2.10. The number of imidazole rings is 1. The first-order chi connectivity index (χ1) is 8.58. The van der Waals surface area contributed by atoms with Crippen LogP contribution in [-0.4, -0.2) is 15.5 Å². The van der Waals surface area contributed by atoms with Gasteiger partial charge in [0.25, 0.3) is 5.91 Å². The number of hydrogen-bond donors (Lipinski definition) is 1. The van der Waals surface area contributed by atoms with Gasteiger partial charge in [0.05, 0.1) is 12.1 Å². The summed E-state index contributed by atoms with van der Waals surface area (Å²) in [5.74, 6) is 0.634. The van der Waals surface area contributed by atoms with Crippen LogP contribution in [0, 0.1) is 0 Å². The lowest BCUT2D eigenvalue weighted by molar-refractivity contribution is 0.0949. The van der Waals surface area contributed by atoms with Crippen LogP contribution in [0.4, 0.5) is 0 Å². The summed E-state index contributed by atoms with van der Waals surface area (Å²) in [4.78, 5) is 16.1. The summed E-state index contributed by atoms with van der Waals surface area (Å²) in [7, 11) is 1.88. The molecule has 0 saturated carbocycles. The smallest absolute Gasteiger partial charge is 0.252 e. The second-order valence-corrected chi connectivity index (χ2v) is 5.05. The van der Waals surface area contributed by atoms with Gasteiger partial charge >= 0.3 is 0 Å². The fourth-order valence-corrected chi connectivity index (χ4v) is 2.36. The van der Waals surface area contributed by atoms with Crippen LogP contribution in [-0.2, 0) is 13.6 Å². The summed E-state index contributed by atoms with van der Waals surface area (Å²) in [6.07, 6.45) is 3.53. The van der Waals surface area contributed by atoms with Gasteiger partial charge in [-0.2, -0.15) is 0 Å². The van der Waals surface area contributed by atoms with E-state index in [1.807, 2.05) is 17.8 Å². The predicted octanol–water partition coefficient (Wildman–Crippen LogP) is 2.77. The molecule has 0 aliphatic rings. The number of carbonyl (C=O) groups excluding carboxylic acids is 1. The molecule has 2 aromatic rings. The summed E-state index contributed by atoms with van der Waals surface area (Å²) >= 11 is 9.14. The molecule has 0 aliphatic heterocycles. The minimum atomic E-state index is -0.165. The summed E-state index contributed by atoms with van der Waals surface area (Å²) < 4.78 is 2.53. The first kappa shape index (κ1) is 13.1. The number of benzene rings is 1. The summed E-state index contributed by atoms with van der Waals surface area (Å²) in [6.45, 7) is 0.386. The molecule has 0 aliphatic carbocycles. The Kier molecular flexibility index (Phi) is 4.04. The number of hydrogen-bond acceptors (Lipinski definition) is 2. The van der Waals surface area contributed by atoms with Gasteiger partial charge in [0.15, 0.2) is 0 Å². The molecule has 0 saturated heterocycles. The minimum absolute atomic E-state index is 0.165. The zero-order chi connectivity index (χ0) is 13.1. The van der Waals surface area contributed by atoms with Gasteiger partial charge in [-0.3, -0.25) is 4.79 Å². The Balaban J connectivity index is 2.06. The normalized spacial score (nSPS) is 10.4. The van der Waals surface area contributed by atoms with Crippen molar-refractivity contribution in [3.8, 4) is 0 Å². The maximum absolute atomic E-state index is 12.0. The standard InChI is InChI=1S/C12H11BrClN3O/c1-17-5-4-15-11(17)7-16-12(18)9-3-2-8(14)6-10(9)13/h2-6H,7H2,1H3,(H,16,18). The maximum Gasteiger partial charge on any atom is 0.252 e. The number of aromatic nitrogens is 2. The highest BCUT2D eigenvalue weighted by molar-refractivity contribution is 9.10. The van der Waals surface area contributed by atoms with Crippen LogP contribution < -0.4 is 5.32 Å². The van der Waals surface area contributed by atoms with Crippen molar-refractivity contribution in [1.29, 1.82) is 0 Å². The highest BCUT2D eigenvalue weighted by atomic mass is 79.9. The van der Waals surface area contributed by atoms with E-state index in [1.165, 1.54) is 0 Å². The molecule has 0 unspecified atom stereocenters. The van der Waals surface area contributed by atoms with Crippen LogP contribution >= 0.6 is 27.5 Å². The fourth-order valence-electron chi connectivity index (χ4n) is 1.50. The molecule has 94 valence electrons. The van der Waals surface area contributed by atoms with Crippen LogP contribution in [0.15, 0.2) is 35.1 Å². The summed E-state index contributed by atoms with van der Waals surface area (Å²) in [5, 5.41) is 3.39. The van der Waals surface area contributed by atoms with Gasteiger partial charge in [0, 0.05) is 28.9 Å². The Hall–Kier alpha value is -1.33. The first-order valence-corrected chi connectivity index (χ1v) is 6.44. The Morgan fingerprint density at radius 3 is 2.94 bits per heavy atom. The Morgan fingerprint density at radius 2 is 2.33 bits per heavy atom. The third-order valence-corrected chi connectivity index (χ3v) is 3.39. The van der Waals surface area contributed by atoms with Crippen LogP contribution in [0.2, 0.25) is 5.02 Å². The van der Waals surface area contributed by atoms with Crippen LogP contribution in [0.25, 0.3) is 0 Å². The lowest BCUT2D eigenvalue weighted by Crippen LogP contribution is -2.24. The van der Waals surface area contributed by atoms with Gasteiger partial charge in [-0.05, 0) is 34.1 Å². The molecule has 0 atom stereocenters. The van der Waals surface area contributed by atoms with E-state index in [1.54, 1.807) is 24.4 Å². The third-order valence-electron chi connectivity index (χ3n) is 2.50. The van der Waals surface area contributed by atoms with Crippen LogP contribution in [0.5, 0.6) is 0 Å². The molecule has 0 bridgehead atoms. The first-order valence-electron chi connectivity index (χ1n) is 5.27. The van der Waals surface area contributed by atoms with E-state index >= 15 is 0 Å². The molecule has 0 radical (unpaired) electrons. The molecule has 4 nitrogen and oxygen atoms in total. The molecule has 18 heavy (non-hydrogen) atoms. The average Bonchev–Trinajstić information content (AvgIpc) is 2.72. The Bertz CT molecular complexity index is 582. The second kappa shape index (κ2) is 5.54. The number of carbonyl (C=O) groups is 1. The summed E-state index contributed by atoms with van der Waals surface area (Å²) in [5.41, 5.74) is 0.550. The number of nitrogens with one attached hydrogen (secondary N) is 1. The van der Waals surface area contributed by atoms with Crippen molar-refractivity contribution in [1.82, 2.24) is 14.9 Å². The topological polar surface area (TPSA) is 46.9 Å². The van der Waals surface area contributed by atoms with Crippen molar-refractivity contribution in [2.24, 2.45) is 7.05 Å². The van der Waals surface area contributed by atoms with E-state index in [9.17, 15) is 4.79 Å². The lowest BCUT2D eigenvalue weighted by Gasteiger charge is -2.07. The van der Waals surface area contributed by atoms with Crippen molar-refractivity contribution in [3.63, 3.8) is 0 Å². The SMILES string of the molecule is Cn1ccnc1CNC(=O)c1ccc(Cl)cc1Br. The van der Waals surface area contributed by atoms with E-state index in [4.69, 9.17) is 11.6 Å². The average molecular weight is 329 g/mol. The van der Waals surface area contributed by atoms with Crippen LogP contribution in [0.1, 0.15) is 16.2 Å².